The topological polar surface area (TPSA) is 90.5 Å². The minimum atomic E-state index is -0.447. The van der Waals surface area contributed by atoms with Crippen molar-refractivity contribution >= 4 is 17.2 Å². The highest BCUT2D eigenvalue weighted by Gasteiger charge is 2.16. The molecule has 1 N–H and O–H groups in total. The van der Waals surface area contributed by atoms with E-state index in [1.165, 1.54) is 27.9 Å². The van der Waals surface area contributed by atoms with Crippen molar-refractivity contribution in [2.75, 3.05) is 5.32 Å². The maximum atomic E-state index is 12.8. The number of carbonyl (C=O) groups is 1. The normalized spacial score (nSPS) is 11.3. The van der Waals surface area contributed by atoms with E-state index in [2.05, 4.69) is 43.1 Å². The molecule has 1 amide bonds. The van der Waals surface area contributed by atoms with Crippen LogP contribution >= 0.6 is 0 Å². The Morgan fingerprint density at radius 2 is 1.58 bits per heavy atom. The summed E-state index contributed by atoms with van der Waals surface area (Å²) in [7, 11) is 0. The zero-order valence-corrected chi connectivity index (χ0v) is 19.1. The Bertz CT molecular complexity index is 1320. The van der Waals surface area contributed by atoms with Gasteiger partial charge in [-0.3, -0.25) is 4.79 Å². The summed E-state index contributed by atoms with van der Waals surface area (Å²) in [5.41, 5.74) is 2.83. The van der Waals surface area contributed by atoms with E-state index in [0.717, 1.165) is 4.68 Å². The number of nitrogens with one attached hydrogen (secondary N) is 1. The quantitative estimate of drug-likeness (QED) is 0.450. The lowest BCUT2D eigenvalue weighted by molar-refractivity contribution is -0.117. The van der Waals surface area contributed by atoms with Crippen LogP contribution in [0, 0.1) is 0 Å². The number of nitrogens with zero attached hydrogens (tertiary/aromatic N) is 4. The molecule has 0 saturated heterocycles. The van der Waals surface area contributed by atoms with Crippen LogP contribution in [0.2, 0.25) is 0 Å². The molecule has 8 heteroatoms. The Labute approximate surface area is 191 Å². The van der Waals surface area contributed by atoms with E-state index in [0.29, 0.717) is 23.3 Å². The number of anilines is 1. The molecule has 0 fully saturated rings. The Kier molecular flexibility index (Phi) is 6.26. The Morgan fingerprint density at radius 3 is 2.18 bits per heavy atom. The van der Waals surface area contributed by atoms with Gasteiger partial charge in [0, 0.05) is 18.1 Å². The molecule has 0 aliphatic heterocycles. The molecule has 2 aromatic carbocycles. The van der Waals surface area contributed by atoms with Gasteiger partial charge < -0.3 is 10.1 Å². The minimum Gasteiger partial charge on any atom is -0.436 e. The number of fused-ring (bicyclic) bond motifs is 1. The number of amides is 1. The molecule has 33 heavy (non-hydrogen) atoms. The van der Waals surface area contributed by atoms with E-state index >= 15 is 0 Å². The van der Waals surface area contributed by atoms with Gasteiger partial charge in [-0.2, -0.15) is 0 Å². The molecule has 0 spiro atoms. The number of aromatic nitrogens is 4. The molecular weight excluding hydrogens is 418 g/mol. The summed E-state index contributed by atoms with van der Waals surface area (Å²) in [6.45, 7) is 8.23. The van der Waals surface area contributed by atoms with Gasteiger partial charge >= 0.3 is 5.69 Å². The van der Waals surface area contributed by atoms with Crippen molar-refractivity contribution in [3.8, 4) is 11.6 Å². The first kappa shape index (κ1) is 22.3. The molecular formula is C25H27N5O3. The van der Waals surface area contributed by atoms with Gasteiger partial charge in [0.15, 0.2) is 0 Å². The average Bonchev–Trinajstić information content (AvgIpc) is 3.11. The first-order valence-corrected chi connectivity index (χ1v) is 10.9. The first-order chi connectivity index (χ1) is 15.8. The van der Waals surface area contributed by atoms with Gasteiger partial charge in [-0.1, -0.05) is 52.0 Å². The zero-order chi connectivity index (χ0) is 23.5. The second-order valence-corrected chi connectivity index (χ2v) is 8.52. The number of rotatable bonds is 7. The maximum Gasteiger partial charge on any atom is 0.351 e. The van der Waals surface area contributed by atoms with Gasteiger partial charge in [-0.15, -0.1) is 5.10 Å². The summed E-state index contributed by atoms with van der Waals surface area (Å²) in [4.78, 5) is 29.5. The van der Waals surface area contributed by atoms with Crippen molar-refractivity contribution in [1.29, 1.82) is 0 Å². The first-order valence-electron chi connectivity index (χ1n) is 10.9. The molecule has 4 aromatic rings. The maximum absolute atomic E-state index is 12.8. The summed E-state index contributed by atoms with van der Waals surface area (Å²) in [5, 5.41) is 7.09. The standard InChI is InChI=1S/C25H27N5O3/c1-16(2)18-5-9-20(10-6-18)27-22(31)15-30-25(32)29-14-13-26-24(23(29)28-30)33-21-11-7-19(8-12-21)17(3)4/h5-14,16-17H,15H2,1-4H3,(H,27,31). The van der Waals surface area contributed by atoms with Gasteiger partial charge in [0.05, 0.1) is 0 Å². The fourth-order valence-electron chi connectivity index (χ4n) is 3.42. The van der Waals surface area contributed by atoms with Crippen LogP contribution < -0.4 is 15.7 Å². The van der Waals surface area contributed by atoms with Gasteiger partial charge in [-0.25, -0.2) is 18.9 Å². The van der Waals surface area contributed by atoms with Crippen molar-refractivity contribution in [3.05, 3.63) is 82.5 Å². The Hall–Kier alpha value is -3.94. The van der Waals surface area contributed by atoms with Gasteiger partial charge in [-0.05, 0) is 47.2 Å². The van der Waals surface area contributed by atoms with Crippen molar-refractivity contribution in [2.45, 2.75) is 46.1 Å². The Morgan fingerprint density at radius 1 is 0.970 bits per heavy atom. The Balaban J connectivity index is 1.52. The number of hydrogen-bond donors (Lipinski definition) is 1. The third-order valence-electron chi connectivity index (χ3n) is 5.39. The van der Waals surface area contributed by atoms with Crippen LogP contribution in [-0.4, -0.2) is 25.1 Å². The second-order valence-electron chi connectivity index (χ2n) is 8.52. The van der Waals surface area contributed by atoms with E-state index in [-0.39, 0.29) is 24.0 Å². The van der Waals surface area contributed by atoms with Gasteiger partial charge in [0.1, 0.15) is 12.3 Å². The molecule has 0 aliphatic rings. The highest BCUT2D eigenvalue weighted by Crippen LogP contribution is 2.24. The molecule has 0 saturated carbocycles. The molecule has 4 rings (SSSR count). The van der Waals surface area contributed by atoms with Crippen LogP contribution in [-0.2, 0) is 11.3 Å². The molecule has 0 bridgehead atoms. The largest absolute Gasteiger partial charge is 0.436 e. The van der Waals surface area contributed by atoms with Crippen LogP contribution in [0.4, 0.5) is 5.69 Å². The summed E-state index contributed by atoms with van der Waals surface area (Å²) in [6.07, 6.45) is 2.97. The molecule has 0 atom stereocenters. The van der Waals surface area contributed by atoms with Crippen LogP contribution in [0.3, 0.4) is 0 Å². The zero-order valence-electron chi connectivity index (χ0n) is 19.1. The highest BCUT2D eigenvalue weighted by molar-refractivity contribution is 5.90. The van der Waals surface area contributed by atoms with Crippen molar-refractivity contribution in [2.24, 2.45) is 0 Å². The minimum absolute atomic E-state index is 0.190. The monoisotopic (exact) mass is 445 g/mol. The summed E-state index contributed by atoms with van der Waals surface area (Å²) >= 11 is 0. The number of carbonyl (C=O) groups excluding carboxylic acids is 1. The van der Waals surface area contributed by atoms with Crippen molar-refractivity contribution < 1.29 is 9.53 Å². The molecule has 2 aromatic heterocycles. The van der Waals surface area contributed by atoms with E-state index in [4.69, 9.17) is 4.74 Å². The SMILES string of the molecule is CC(C)c1ccc(NC(=O)Cn2nc3c(Oc4ccc(C(C)C)cc4)nccn3c2=O)cc1. The number of benzene rings is 2. The summed E-state index contributed by atoms with van der Waals surface area (Å²) < 4.78 is 8.29. The van der Waals surface area contributed by atoms with Crippen LogP contribution in [0.1, 0.15) is 50.7 Å². The molecule has 0 unspecified atom stereocenters. The third-order valence-corrected chi connectivity index (χ3v) is 5.39. The number of ether oxygens (including phenoxy) is 1. The third kappa shape index (κ3) is 4.95. The molecule has 0 radical (unpaired) electrons. The smallest absolute Gasteiger partial charge is 0.351 e. The van der Waals surface area contributed by atoms with Gasteiger partial charge in [0.2, 0.25) is 11.6 Å². The predicted octanol–water partition coefficient (Wildman–Crippen LogP) is 4.57. The highest BCUT2D eigenvalue weighted by atomic mass is 16.5. The summed E-state index contributed by atoms with van der Waals surface area (Å²) in [5.74, 6) is 1.25. The molecule has 8 nitrogen and oxygen atoms in total. The lowest BCUT2D eigenvalue weighted by atomic mass is 10.0. The van der Waals surface area contributed by atoms with E-state index < -0.39 is 5.69 Å². The molecule has 2 heterocycles. The van der Waals surface area contributed by atoms with Crippen LogP contribution in [0.5, 0.6) is 11.6 Å². The lowest BCUT2D eigenvalue weighted by Crippen LogP contribution is -2.28. The van der Waals surface area contributed by atoms with Crippen molar-refractivity contribution in [1.82, 2.24) is 19.2 Å². The van der Waals surface area contributed by atoms with E-state index in [1.54, 1.807) is 0 Å². The van der Waals surface area contributed by atoms with Crippen molar-refractivity contribution in [3.63, 3.8) is 0 Å². The van der Waals surface area contributed by atoms with Crippen LogP contribution in [0.25, 0.3) is 5.65 Å². The number of hydrogen-bond acceptors (Lipinski definition) is 5. The van der Waals surface area contributed by atoms with E-state index in [9.17, 15) is 9.59 Å². The molecule has 0 aliphatic carbocycles. The van der Waals surface area contributed by atoms with E-state index in [1.807, 2.05) is 48.5 Å². The average molecular weight is 446 g/mol. The predicted molar refractivity (Wildman–Crippen MR) is 127 cm³/mol. The van der Waals surface area contributed by atoms with Gasteiger partial charge in [0.25, 0.3) is 5.88 Å². The summed E-state index contributed by atoms with van der Waals surface area (Å²) in [6, 6.07) is 15.3. The molecule has 170 valence electrons. The fourth-order valence-corrected chi connectivity index (χ4v) is 3.42. The fraction of sp³-hybridized carbons (Fsp3) is 0.280. The van der Waals surface area contributed by atoms with Crippen LogP contribution in [0.15, 0.2) is 65.7 Å². The second kappa shape index (κ2) is 9.28. The lowest BCUT2D eigenvalue weighted by Gasteiger charge is -2.08.